The van der Waals surface area contributed by atoms with E-state index in [1.807, 2.05) is 88.0 Å². The van der Waals surface area contributed by atoms with Crippen LogP contribution in [0.5, 0.6) is 0 Å². The maximum Gasteiger partial charge on any atom is 4.00 e. The molecule has 4 aromatic carbocycles. The van der Waals surface area contributed by atoms with Crippen LogP contribution in [0.2, 0.25) is 0 Å². The van der Waals surface area contributed by atoms with Gasteiger partial charge in [0.25, 0.3) is 6.33 Å². The van der Waals surface area contributed by atoms with Gasteiger partial charge in [-0.25, -0.2) is 0 Å². The van der Waals surface area contributed by atoms with Crippen LogP contribution in [0.15, 0.2) is 97.1 Å². The van der Waals surface area contributed by atoms with Crippen LogP contribution in [0.25, 0.3) is 27.7 Å². The van der Waals surface area contributed by atoms with Crippen molar-refractivity contribution in [2.45, 2.75) is 0 Å². The monoisotopic (exact) mass is 581 g/mol. The van der Waals surface area contributed by atoms with Gasteiger partial charge < -0.3 is 14.7 Å². The van der Waals surface area contributed by atoms with E-state index in [2.05, 4.69) is 23.8 Å². The third kappa shape index (κ3) is 4.08. The van der Waals surface area contributed by atoms with E-state index in [0.717, 1.165) is 22.4 Å². The molecule has 0 aliphatic carbocycles. The van der Waals surface area contributed by atoms with Crippen LogP contribution < -0.4 is 4.57 Å². The zero-order chi connectivity index (χ0) is 20.3. The fourth-order valence-corrected chi connectivity index (χ4v) is 3.38. The van der Waals surface area contributed by atoms with Gasteiger partial charge in [0.05, 0.1) is 16.7 Å². The van der Waals surface area contributed by atoms with Crippen molar-refractivity contribution in [2.75, 3.05) is 0 Å². The first-order valence-electron chi connectivity index (χ1n) is 9.55. The number of hydrogen-bond acceptors (Lipinski definition) is 1. The van der Waals surface area contributed by atoms with Gasteiger partial charge in [0, 0.05) is 0 Å². The topological polar surface area (TPSA) is 40.0 Å². The Morgan fingerprint density at radius 2 is 1.52 bits per heavy atom. The normalized spacial score (nSPS) is 10.5. The number of aromatic nitrogens is 2. The summed E-state index contributed by atoms with van der Waals surface area (Å²) in [7, 11) is 0. The molecule has 5 rings (SSSR count). The molecule has 0 radical (unpaired) electrons. The number of amides is 1. The van der Waals surface area contributed by atoms with Crippen molar-refractivity contribution in [3.05, 3.63) is 126 Å². The van der Waals surface area contributed by atoms with Crippen LogP contribution in [-0.4, -0.2) is 10.5 Å². The summed E-state index contributed by atoms with van der Waals surface area (Å²) in [6.45, 7) is 0. The molecule has 0 bridgehead atoms. The van der Waals surface area contributed by atoms with Gasteiger partial charge in [-0.2, -0.15) is 30.3 Å². The van der Waals surface area contributed by atoms with Crippen LogP contribution in [0, 0.1) is 18.5 Å². The molecule has 150 valence electrons. The van der Waals surface area contributed by atoms with Crippen LogP contribution >= 0.6 is 0 Å². The van der Waals surface area contributed by atoms with Gasteiger partial charge in [0.15, 0.2) is 0 Å². The number of imidazole rings is 1. The Bertz CT molecular complexity index is 1330. The summed E-state index contributed by atoms with van der Waals surface area (Å²) in [6.07, 6.45) is 3.40. The van der Waals surface area contributed by atoms with E-state index in [9.17, 15) is 4.79 Å². The van der Waals surface area contributed by atoms with Gasteiger partial charge in [-0.15, -0.1) is 41.6 Å². The first kappa shape index (κ1) is 20.8. The minimum atomic E-state index is -0.330. The molecule has 5 heteroatoms. The molecular weight excluding hydrogens is 565 g/mol. The smallest absolute Gasteiger partial charge is 0.671 e. The van der Waals surface area contributed by atoms with Crippen molar-refractivity contribution in [2.24, 2.45) is 0 Å². The molecule has 0 aliphatic heterocycles. The van der Waals surface area contributed by atoms with Crippen LogP contribution in [0.1, 0.15) is 10.4 Å². The van der Waals surface area contributed by atoms with E-state index in [-0.39, 0.29) is 27.0 Å². The molecule has 0 atom stereocenters. The van der Waals surface area contributed by atoms with E-state index in [4.69, 9.17) is 0 Å². The largest absolute Gasteiger partial charge is 4.00 e. The first-order valence-corrected chi connectivity index (χ1v) is 9.55. The molecule has 5 aromatic rings. The Balaban J connectivity index is 0.00000231. The number of para-hydroxylation sites is 5. The van der Waals surface area contributed by atoms with E-state index >= 15 is 0 Å². The summed E-state index contributed by atoms with van der Waals surface area (Å²) in [5.74, 6) is -0.330. The zero-order valence-corrected chi connectivity index (χ0v) is 18.6. The predicted octanol–water partition coefficient (Wildman–Crippen LogP) is 5.15. The van der Waals surface area contributed by atoms with E-state index < -0.39 is 0 Å². The van der Waals surface area contributed by atoms with Gasteiger partial charge in [0.2, 0.25) is 0 Å². The number of benzene rings is 4. The number of carbonyl (C=O) groups excluding carboxylic acids is 1. The summed E-state index contributed by atoms with van der Waals surface area (Å²) >= 11 is 0. The molecule has 0 unspecified atom stereocenters. The maximum atomic E-state index is 12.7. The molecule has 1 amide bonds. The van der Waals surface area contributed by atoms with Crippen molar-refractivity contribution in [3.63, 3.8) is 0 Å². The van der Waals surface area contributed by atoms with Gasteiger partial charge in [-0.05, 0) is 11.6 Å². The second-order valence-corrected chi connectivity index (χ2v) is 6.69. The molecule has 1 aromatic heterocycles. The molecular formula is C26H16N3OPt+. The molecule has 1 heterocycles. The minimum Gasteiger partial charge on any atom is -0.671 e. The SMILES string of the molecule is O=C([N-]c1ccccc1-n1[c-][n+](-c2[c-]cccc2)c2ccccc21)c1[c-]cccc1.[Pt+4]. The second kappa shape index (κ2) is 9.11. The first-order chi connectivity index (χ1) is 14.8. The van der Waals surface area contributed by atoms with Gasteiger partial charge in [0.1, 0.15) is 0 Å². The second-order valence-electron chi connectivity index (χ2n) is 6.69. The predicted molar refractivity (Wildman–Crippen MR) is 115 cm³/mol. The number of nitrogens with zero attached hydrogens (tertiary/aromatic N) is 3. The standard InChI is InChI=1S/C26H17N3O.Pt/c30-26(20-11-3-1-4-12-20)27-22-15-7-8-16-23(22)29-19-28(21-13-5-2-6-14-21)24-17-9-10-18-25(24)29;/h1-11,13,15-18H,(H,27,30);/q-2;+4/p-1. The Labute approximate surface area is 195 Å². The third-order valence-corrected chi connectivity index (χ3v) is 4.78. The average Bonchev–Trinajstić information content (AvgIpc) is 3.20. The molecule has 4 nitrogen and oxygen atoms in total. The number of hydrogen-bond donors (Lipinski definition) is 0. The number of carbonyl (C=O) groups is 1. The van der Waals surface area contributed by atoms with Crippen LogP contribution in [-0.2, 0) is 21.1 Å². The van der Waals surface area contributed by atoms with Crippen molar-refractivity contribution < 1.29 is 30.4 Å². The van der Waals surface area contributed by atoms with Crippen molar-refractivity contribution in [1.29, 1.82) is 0 Å². The Kier molecular flexibility index (Phi) is 6.10. The average molecular weight is 582 g/mol. The van der Waals surface area contributed by atoms with E-state index in [0.29, 0.717) is 11.3 Å². The van der Waals surface area contributed by atoms with E-state index in [1.165, 1.54) is 0 Å². The summed E-state index contributed by atoms with van der Waals surface area (Å²) in [4.78, 5) is 12.7. The van der Waals surface area contributed by atoms with Crippen LogP contribution in [0.4, 0.5) is 5.69 Å². The molecule has 0 fully saturated rings. The summed E-state index contributed by atoms with van der Waals surface area (Å²) in [5, 5.41) is 4.37. The molecule has 0 aliphatic rings. The third-order valence-electron chi connectivity index (χ3n) is 4.78. The molecule has 0 N–H and O–H groups in total. The van der Waals surface area contributed by atoms with Crippen molar-refractivity contribution in [3.8, 4) is 11.4 Å². The Hall–Kier alpha value is -3.49. The quantitative estimate of drug-likeness (QED) is 0.214. The minimum absolute atomic E-state index is 0. The van der Waals surface area contributed by atoms with Gasteiger partial charge in [-0.3, -0.25) is 4.57 Å². The van der Waals surface area contributed by atoms with Crippen molar-refractivity contribution >= 4 is 22.6 Å². The summed E-state index contributed by atoms with van der Waals surface area (Å²) < 4.78 is 3.88. The molecule has 31 heavy (non-hydrogen) atoms. The van der Waals surface area contributed by atoms with Gasteiger partial charge >= 0.3 is 21.1 Å². The van der Waals surface area contributed by atoms with Crippen molar-refractivity contribution in [1.82, 2.24) is 4.57 Å². The summed E-state index contributed by atoms with van der Waals surface area (Å²) in [5.41, 5.74) is 4.60. The fourth-order valence-electron chi connectivity index (χ4n) is 3.38. The fraction of sp³-hybridized carbons (Fsp3) is 0. The Morgan fingerprint density at radius 1 is 0.806 bits per heavy atom. The molecule has 0 saturated carbocycles. The Morgan fingerprint density at radius 3 is 2.29 bits per heavy atom. The number of fused-ring (bicyclic) bond motifs is 1. The van der Waals surface area contributed by atoms with Crippen LogP contribution in [0.3, 0.4) is 0 Å². The zero-order valence-electron chi connectivity index (χ0n) is 16.3. The number of rotatable bonds is 4. The maximum absolute atomic E-state index is 12.7. The molecule has 0 spiro atoms. The molecule has 0 saturated heterocycles. The summed E-state index contributed by atoms with van der Waals surface area (Å²) in [6, 6.07) is 36.6. The van der Waals surface area contributed by atoms with E-state index in [1.54, 1.807) is 18.2 Å². The van der Waals surface area contributed by atoms with Gasteiger partial charge in [-0.1, -0.05) is 48.5 Å².